The Morgan fingerprint density at radius 1 is 1.04 bits per heavy atom. The van der Waals surface area contributed by atoms with Crippen molar-refractivity contribution in [3.8, 4) is 0 Å². The van der Waals surface area contributed by atoms with Crippen LogP contribution in [0.15, 0.2) is 60.8 Å². The number of halogens is 1. The molecule has 1 aliphatic heterocycles. The molecule has 2 N–H and O–H groups in total. The number of carbonyl (C=O) groups is 1. The summed E-state index contributed by atoms with van der Waals surface area (Å²) in [7, 11) is 0. The summed E-state index contributed by atoms with van der Waals surface area (Å²) in [5.74, 6) is 0.0443. The molecule has 141 valence electrons. The Kier molecular flexibility index (Phi) is 6.54. The number of para-hydroxylation sites is 1. The third kappa shape index (κ3) is 4.71. The summed E-state index contributed by atoms with van der Waals surface area (Å²) in [6, 6.07) is 18.2. The van der Waals surface area contributed by atoms with Crippen LogP contribution in [0.2, 0.25) is 0 Å². The van der Waals surface area contributed by atoms with Crippen molar-refractivity contribution in [2.45, 2.75) is 25.3 Å². The van der Waals surface area contributed by atoms with E-state index in [9.17, 15) is 4.79 Å². The molecule has 5 heteroatoms. The molecule has 2 heterocycles. The van der Waals surface area contributed by atoms with Gasteiger partial charge in [-0.3, -0.25) is 4.79 Å². The summed E-state index contributed by atoms with van der Waals surface area (Å²) >= 11 is 0. The SMILES string of the molecule is O=C(NC1CCN(CCc2c[nH]c3ccccc23)CC1)c1ccccc1.[Cl]. The number of hydrogen-bond donors (Lipinski definition) is 2. The summed E-state index contributed by atoms with van der Waals surface area (Å²) in [5.41, 5.74) is 3.35. The van der Waals surface area contributed by atoms with E-state index in [1.54, 1.807) is 0 Å². The number of hydrogen-bond acceptors (Lipinski definition) is 2. The maximum atomic E-state index is 12.3. The van der Waals surface area contributed by atoms with E-state index in [4.69, 9.17) is 0 Å². The first-order chi connectivity index (χ1) is 12.8. The van der Waals surface area contributed by atoms with E-state index in [0.29, 0.717) is 0 Å². The van der Waals surface area contributed by atoms with Crippen LogP contribution in [0.3, 0.4) is 0 Å². The topological polar surface area (TPSA) is 48.1 Å². The van der Waals surface area contributed by atoms with Gasteiger partial charge in [0.15, 0.2) is 0 Å². The predicted octanol–water partition coefficient (Wildman–Crippen LogP) is 4.29. The molecule has 4 rings (SSSR count). The van der Waals surface area contributed by atoms with Gasteiger partial charge in [-0.1, -0.05) is 36.4 Å². The van der Waals surface area contributed by atoms with Gasteiger partial charge in [-0.2, -0.15) is 0 Å². The van der Waals surface area contributed by atoms with Crippen molar-refractivity contribution < 1.29 is 4.79 Å². The first-order valence-electron chi connectivity index (χ1n) is 9.43. The van der Waals surface area contributed by atoms with Crippen molar-refractivity contribution in [1.82, 2.24) is 15.2 Å². The Hall–Kier alpha value is -2.30. The highest BCUT2D eigenvalue weighted by Gasteiger charge is 2.21. The van der Waals surface area contributed by atoms with E-state index in [2.05, 4.69) is 45.7 Å². The van der Waals surface area contributed by atoms with Gasteiger partial charge in [0.05, 0.1) is 0 Å². The largest absolute Gasteiger partial charge is 0.361 e. The monoisotopic (exact) mass is 382 g/mol. The molecule has 0 spiro atoms. The van der Waals surface area contributed by atoms with E-state index in [-0.39, 0.29) is 24.4 Å². The van der Waals surface area contributed by atoms with E-state index in [0.717, 1.165) is 44.5 Å². The van der Waals surface area contributed by atoms with Crippen LogP contribution in [-0.4, -0.2) is 41.5 Å². The van der Waals surface area contributed by atoms with Crippen molar-refractivity contribution in [2.75, 3.05) is 19.6 Å². The molecule has 1 aliphatic rings. The molecule has 0 saturated carbocycles. The highest BCUT2D eigenvalue weighted by atomic mass is 35.5. The lowest BCUT2D eigenvalue weighted by Crippen LogP contribution is -2.45. The Balaban J connectivity index is 0.00000210. The van der Waals surface area contributed by atoms with Crippen LogP contribution in [-0.2, 0) is 6.42 Å². The second-order valence-corrected chi connectivity index (χ2v) is 7.06. The number of piperidine rings is 1. The van der Waals surface area contributed by atoms with Crippen molar-refractivity contribution in [3.05, 3.63) is 71.9 Å². The second kappa shape index (κ2) is 9.07. The quantitative estimate of drug-likeness (QED) is 0.691. The minimum Gasteiger partial charge on any atom is -0.361 e. The lowest BCUT2D eigenvalue weighted by Gasteiger charge is -2.32. The van der Waals surface area contributed by atoms with Crippen LogP contribution in [0.4, 0.5) is 0 Å². The number of nitrogens with one attached hydrogen (secondary N) is 2. The molecule has 0 atom stereocenters. The lowest BCUT2D eigenvalue weighted by atomic mass is 10.0. The van der Waals surface area contributed by atoms with Gasteiger partial charge < -0.3 is 15.2 Å². The Morgan fingerprint density at radius 2 is 1.74 bits per heavy atom. The van der Waals surface area contributed by atoms with Gasteiger partial charge in [0, 0.05) is 60.7 Å². The average Bonchev–Trinajstić information content (AvgIpc) is 3.11. The molecule has 3 aromatic rings. The average molecular weight is 383 g/mol. The van der Waals surface area contributed by atoms with Gasteiger partial charge in [-0.25, -0.2) is 0 Å². The smallest absolute Gasteiger partial charge is 0.251 e. The first-order valence-corrected chi connectivity index (χ1v) is 9.43. The molecule has 1 aromatic heterocycles. The summed E-state index contributed by atoms with van der Waals surface area (Å²) in [4.78, 5) is 18.1. The molecule has 1 radical (unpaired) electrons. The van der Waals surface area contributed by atoms with Crippen LogP contribution in [0.5, 0.6) is 0 Å². The van der Waals surface area contributed by atoms with Crippen LogP contribution in [0, 0.1) is 0 Å². The minimum atomic E-state index is 0. The number of benzene rings is 2. The van der Waals surface area contributed by atoms with E-state index >= 15 is 0 Å². The highest BCUT2D eigenvalue weighted by Crippen LogP contribution is 2.19. The molecule has 0 unspecified atom stereocenters. The number of aromatic nitrogens is 1. The van der Waals surface area contributed by atoms with E-state index in [1.165, 1.54) is 16.5 Å². The number of nitrogens with zero attached hydrogens (tertiary/aromatic N) is 1. The second-order valence-electron chi connectivity index (χ2n) is 7.06. The molecule has 1 fully saturated rings. The molecular weight excluding hydrogens is 358 g/mol. The van der Waals surface area contributed by atoms with Gasteiger partial charge >= 0.3 is 0 Å². The van der Waals surface area contributed by atoms with E-state index < -0.39 is 0 Å². The van der Waals surface area contributed by atoms with Gasteiger partial charge in [0.2, 0.25) is 0 Å². The number of amides is 1. The molecule has 2 aromatic carbocycles. The van der Waals surface area contributed by atoms with Gasteiger partial charge in [-0.05, 0) is 43.0 Å². The fraction of sp³-hybridized carbons (Fsp3) is 0.318. The van der Waals surface area contributed by atoms with Crippen LogP contribution in [0.1, 0.15) is 28.8 Å². The maximum absolute atomic E-state index is 12.3. The highest BCUT2D eigenvalue weighted by molar-refractivity contribution is 5.94. The zero-order valence-electron chi connectivity index (χ0n) is 15.3. The zero-order chi connectivity index (χ0) is 17.8. The standard InChI is InChI=1S/C22H25N3O.Cl/c26-22(17-6-2-1-3-7-17)24-19-11-14-25(15-12-19)13-10-18-16-23-21-9-5-4-8-20(18)21;/h1-9,16,19,23H,10-15H2,(H,24,26);. The van der Waals surface area contributed by atoms with Gasteiger partial charge in [0.1, 0.15) is 0 Å². The van der Waals surface area contributed by atoms with Crippen molar-refractivity contribution >= 4 is 29.2 Å². The predicted molar refractivity (Wildman–Crippen MR) is 111 cm³/mol. The third-order valence-corrected chi connectivity index (χ3v) is 5.33. The van der Waals surface area contributed by atoms with Gasteiger partial charge in [-0.15, -0.1) is 0 Å². The zero-order valence-corrected chi connectivity index (χ0v) is 16.1. The summed E-state index contributed by atoms with van der Waals surface area (Å²) in [6.45, 7) is 3.16. The Labute approximate surface area is 166 Å². The Bertz CT molecular complexity index is 869. The molecule has 1 amide bonds. The molecular formula is C22H25ClN3O. The fourth-order valence-corrected chi connectivity index (χ4v) is 3.78. The number of rotatable bonds is 5. The molecule has 0 bridgehead atoms. The third-order valence-electron chi connectivity index (χ3n) is 5.33. The number of carbonyl (C=O) groups excluding carboxylic acids is 1. The first kappa shape index (κ1) is 19.5. The fourth-order valence-electron chi connectivity index (χ4n) is 3.78. The van der Waals surface area contributed by atoms with E-state index in [1.807, 2.05) is 30.3 Å². The number of likely N-dealkylation sites (tertiary alicyclic amines) is 1. The summed E-state index contributed by atoms with van der Waals surface area (Å²) in [5, 5.41) is 4.51. The van der Waals surface area contributed by atoms with Crippen molar-refractivity contribution in [2.24, 2.45) is 0 Å². The maximum Gasteiger partial charge on any atom is 0.251 e. The molecule has 1 saturated heterocycles. The normalized spacial score (nSPS) is 15.4. The summed E-state index contributed by atoms with van der Waals surface area (Å²) < 4.78 is 0. The molecule has 27 heavy (non-hydrogen) atoms. The van der Waals surface area contributed by atoms with Gasteiger partial charge in [0.25, 0.3) is 5.91 Å². The Morgan fingerprint density at radius 3 is 2.52 bits per heavy atom. The number of H-pyrrole nitrogens is 1. The lowest BCUT2D eigenvalue weighted by molar-refractivity contribution is 0.0911. The minimum absolute atomic E-state index is 0. The molecule has 4 nitrogen and oxygen atoms in total. The van der Waals surface area contributed by atoms with Crippen LogP contribution in [0.25, 0.3) is 10.9 Å². The van der Waals surface area contributed by atoms with Crippen LogP contribution >= 0.6 is 12.4 Å². The van der Waals surface area contributed by atoms with Crippen LogP contribution < -0.4 is 5.32 Å². The number of aromatic amines is 1. The number of fused-ring (bicyclic) bond motifs is 1. The van der Waals surface area contributed by atoms with Crippen molar-refractivity contribution in [3.63, 3.8) is 0 Å². The molecule has 0 aliphatic carbocycles. The van der Waals surface area contributed by atoms with Crippen molar-refractivity contribution in [1.29, 1.82) is 0 Å². The summed E-state index contributed by atoms with van der Waals surface area (Å²) in [6.07, 6.45) is 5.24.